The number of amides is 1. The second kappa shape index (κ2) is 9.40. The third-order valence-electron chi connectivity index (χ3n) is 5.25. The summed E-state index contributed by atoms with van der Waals surface area (Å²) in [6.07, 6.45) is -2.97. The van der Waals surface area contributed by atoms with E-state index in [-0.39, 0.29) is 24.8 Å². The van der Waals surface area contributed by atoms with Crippen LogP contribution in [-0.2, 0) is 17.6 Å². The summed E-state index contributed by atoms with van der Waals surface area (Å²) in [6.45, 7) is 0.277. The molecule has 0 saturated carbocycles. The van der Waals surface area contributed by atoms with E-state index >= 15 is 0 Å². The molecule has 1 amide bonds. The second-order valence-corrected chi connectivity index (χ2v) is 7.56. The lowest BCUT2D eigenvalue weighted by atomic mass is 10.0. The molecule has 2 heterocycles. The minimum Gasteiger partial charge on any atom is -0.497 e. The number of methoxy groups -OCH3 is 1. The van der Waals surface area contributed by atoms with Gasteiger partial charge < -0.3 is 18.9 Å². The third-order valence-corrected chi connectivity index (χ3v) is 5.25. The quantitative estimate of drug-likeness (QED) is 0.492. The summed E-state index contributed by atoms with van der Waals surface area (Å²) in [5.74, 6) is 0.471. The van der Waals surface area contributed by atoms with E-state index in [2.05, 4.69) is 5.16 Å². The molecule has 1 aliphatic heterocycles. The van der Waals surface area contributed by atoms with Gasteiger partial charge in [0.15, 0.2) is 11.9 Å². The highest BCUT2D eigenvalue weighted by molar-refractivity contribution is 6.01. The van der Waals surface area contributed by atoms with E-state index in [9.17, 15) is 18.0 Å². The van der Waals surface area contributed by atoms with Crippen LogP contribution in [0.3, 0.4) is 0 Å². The van der Waals surface area contributed by atoms with Crippen molar-refractivity contribution in [1.29, 1.82) is 0 Å². The number of hydrogen-bond donors (Lipinski definition) is 0. The van der Waals surface area contributed by atoms with Crippen LogP contribution < -0.4 is 4.74 Å². The molecular formula is C24H21F3N2O4. The van der Waals surface area contributed by atoms with Crippen molar-refractivity contribution in [2.45, 2.75) is 25.2 Å². The van der Waals surface area contributed by atoms with Gasteiger partial charge in [0.1, 0.15) is 5.75 Å². The average molecular weight is 458 g/mol. The molecule has 0 aliphatic carbocycles. The number of hydrogen-bond acceptors (Lipinski definition) is 5. The van der Waals surface area contributed by atoms with Gasteiger partial charge in [-0.1, -0.05) is 17.3 Å². The molecule has 0 fully saturated rings. The van der Waals surface area contributed by atoms with Crippen LogP contribution in [0.5, 0.6) is 5.75 Å². The van der Waals surface area contributed by atoms with Crippen LogP contribution in [0.25, 0.3) is 0 Å². The Morgan fingerprint density at radius 1 is 1.12 bits per heavy atom. The fraction of sp³-hybridized carbons (Fsp3) is 0.250. The van der Waals surface area contributed by atoms with E-state index in [1.54, 1.807) is 13.2 Å². The number of carbonyl (C=O) groups is 1. The van der Waals surface area contributed by atoms with Crippen molar-refractivity contribution in [1.82, 2.24) is 4.90 Å². The molecule has 3 aromatic rings. The summed E-state index contributed by atoms with van der Waals surface area (Å²) < 4.78 is 49.0. The molecule has 4 rings (SSSR count). The zero-order valence-electron chi connectivity index (χ0n) is 17.7. The van der Waals surface area contributed by atoms with Crippen molar-refractivity contribution < 1.29 is 32.0 Å². The van der Waals surface area contributed by atoms with E-state index in [0.29, 0.717) is 12.0 Å². The smallest absolute Gasteiger partial charge is 0.416 e. The van der Waals surface area contributed by atoms with E-state index in [1.807, 2.05) is 24.3 Å². The lowest BCUT2D eigenvalue weighted by Crippen LogP contribution is -2.37. The fourth-order valence-electron chi connectivity index (χ4n) is 3.52. The highest BCUT2D eigenvalue weighted by atomic mass is 19.4. The first-order chi connectivity index (χ1) is 15.8. The summed E-state index contributed by atoms with van der Waals surface area (Å²) >= 11 is 0. The fourth-order valence-corrected chi connectivity index (χ4v) is 3.52. The van der Waals surface area contributed by atoms with Crippen LogP contribution >= 0.6 is 0 Å². The van der Waals surface area contributed by atoms with Gasteiger partial charge in [0.05, 0.1) is 31.2 Å². The number of furan rings is 1. The zero-order chi connectivity index (χ0) is 23.4. The molecule has 1 aromatic heterocycles. The Kier molecular flexibility index (Phi) is 6.39. The van der Waals surface area contributed by atoms with Gasteiger partial charge in [-0.2, -0.15) is 13.2 Å². The molecule has 0 saturated heterocycles. The highest BCUT2D eigenvalue weighted by Gasteiger charge is 2.31. The molecule has 0 radical (unpaired) electrons. The van der Waals surface area contributed by atoms with Crippen LogP contribution in [0.1, 0.15) is 33.7 Å². The minimum atomic E-state index is -4.42. The molecule has 0 N–H and O–H groups in total. The molecule has 1 unspecified atom stereocenters. The molecule has 0 spiro atoms. The van der Waals surface area contributed by atoms with Crippen molar-refractivity contribution in [3.8, 4) is 5.75 Å². The van der Waals surface area contributed by atoms with Crippen LogP contribution in [0.15, 0.2) is 76.5 Å². The normalized spacial score (nSPS) is 15.6. The van der Waals surface area contributed by atoms with Crippen molar-refractivity contribution in [3.05, 3.63) is 89.4 Å². The first-order valence-corrected chi connectivity index (χ1v) is 10.2. The van der Waals surface area contributed by atoms with E-state index < -0.39 is 17.8 Å². The minimum absolute atomic E-state index is 0.0927. The van der Waals surface area contributed by atoms with Crippen LogP contribution in [0, 0.1) is 0 Å². The number of benzene rings is 2. The number of nitrogens with zero attached hydrogens (tertiary/aromatic N) is 2. The lowest BCUT2D eigenvalue weighted by Gasteiger charge is -2.24. The number of ether oxygens (including phenoxy) is 1. The third kappa shape index (κ3) is 5.36. The van der Waals surface area contributed by atoms with E-state index in [0.717, 1.165) is 29.2 Å². The first-order valence-electron chi connectivity index (χ1n) is 10.2. The maximum absolute atomic E-state index is 13.0. The Labute approximate surface area is 188 Å². The Morgan fingerprint density at radius 3 is 2.45 bits per heavy atom. The van der Waals surface area contributed by atoms with Crippen molar-refractivity contribution in [3.63, 3.8) is 0 Å². The largest absolute Gasteiger partial charge is 0.497 e. The van der Waals surface area contributed by atoms with Crippen LogP contribution in [0.4, 0.5) is 13.2 Å². The summed E-state index contributed by atoms with van der Waals surface area (Å²) in [5.41, 5.74) is 1.43. The number of halogens is 3. The average Bonchev–Trinajstić information content (AvgIpc) is 3.51. The van der Waals surface area contributed by atoms with Gasteiger partial charge in [-0.15, -0.1) is 0 Å². The van der Waals surface area contributed by atoms with Gasteiger partial charge in [-0.3, -0.25) is 4.79 Å². The number of rotatable bonds is 7. The van der Waals surface area contributed by atoms with Crippen molar-refractivity contribution in [2.24, 2.45) is 5.16 Å². The number of oxime groups is 1. The zero-order valence-corrected chi connectivity index (χ0v) is 17.7. The predicted octanol–water partition coefficient (Wildman–Crippen LogP) is 5.14. The predicted molar refractivity (Wildman–Crippen MR) is 114 cm³/mol. The summed E-state index contributed by atoms with van der Waals surface area (Å²) in [5, 5.41) is 4.15. The molecule has 2 aromatic carbocycles. The Hall–Kier alpha value is -3.75. The Morgan fingerprint density at radius 2 is 1.85 bits per heavy atom. The standard InChI is InChI=1S/C24H21F3N2O4/c1-31-19-10-6-17(7-11-19)21-13-20(33-28-21)15-29(23(30)22-3-2-12-32-22)14-16-4-8-18(9-5-16)24(25,26)27/h2-12,20H,13-15H2,1H3. The van der Waals surface area contributed by atoms with Gasteiger partial charge in [0.25, 0.3) is 5.91 Å². The number of alkyl halides is 3. The molecule has 172 valence electrons. The molecule has 33 heavy (non-hydrogen) atoms. The lowest BCUT2D eigenvalue weighted by molar-refractivity contribution is -0.137. The number of carbonyl (C=O) groups excluding carboxylic acids is 1. The van der Waals surface area contributed by atoms with Crippen LogP contribution in [0.2, 0.25) is 0 Å². The second-order valence-electron chi connectivity index (χ2n) is 7.56. The highest BCUT2D eigenvalue weighted by Crippen LogP contribution is 2.29. The van der Waals surface area contributed by atoms with E-state index in [1.165, 1.54) is 29.4 Å². The Balaban J connectivity index is 1.47. The van der Waals surface area contributed by atoms with Crippen molar-refractivity contribution >= 4 is 11.6 Å². The van der Waals surface area contributed by atoms with E-state index in [4.69, 9.17) is 14.0 Å². The van der Waals surface area contributed by atoms with Gasteiger partial charge in [-0.25, -0.2) is 0 Å². The van der Waals surface area contributed by atoms with Gasteiger partial charge in [-0.05, 0) is 59.7 Å². The maximum Gasteiger partial charge on any atom is 0.416 e. The monoisotopic (exact) mass is 458 g/mol. The molecule has 1 atom stereocenters. The maximum atomic E-state index is 13.0. The van der Waals surface area contributed by atoms with Crippen LogP contribution in [-0.4, -0.2) is 36.3 Å². The molecular weight excluding hydrogens is 437 g/mol. The van der Waals surface area contributed by atoms with Crippen molar-refractivity contribution in [2.75, 3.05) is 13.7 Å². The summed E-state index contributed by atoms with van der Waals surface area (Å²) in [4.78, 5) is 20.0. The molecule has 0 bridgehead atoms. The first kappa shape index (κ1) is 22.4. The van der Waals surface area contributed by atoms with Gasteiger partial charge in [0.2, 0.25) is 0 Å². The summed E-state index contributed by atoms with van der Waals surface area (Å²) in [7, 11) is 1.59. The topological polar surface area (TPSA) is 64.3 Å². The van der Waals surface area contributed by atoms with Gasteiger partial charge in [0, 0.05) is 13.0 Å². The molecule has 9 heteroatoms. The molecule has 1 aliphatic rings. The molecule has 6 nitrogen and oxygen atoms in total. The van der Waals surface area contributed by atoms with Gasteiger partial charge >= 0.3 is 6.18 Å². The Bertz CT molecular complexity index is 1110. The summed E-state index contributed by atoms with van der Waals surface area (Å²) in [6, 6.07) is 15.3. The SMILES string of the molecule is COc1ccc(C2=NOC(CN(Cc3ccc(C(F)(F)F)cc3)C(=O)c3ccco3)C2)cc1.